The Kier molecular flexibility index (Phi) is 5.52. The lowest BCUT2D eigenvalue weighted by Gasteiger charge is -2.34. The molecule has 0 bridgehead atoms. The summed E-state index contributed by atoms with van der Waals surface area (Å²) in [5, 5.41) is 5.85. The first-order chi connectivity index (χ1) is 13.8. The van der Waals surface area contributed by atoms with Gasteiger partial charge in [-0.1, -0.05) is 17.7 Å². The molecule has 0 unspecified atom stereocenters. The lowest BCUT2D eigenvalue weighted by molar-refractivity contribution is 0.135. The van der Waals surface area contributed by atoms with E-state index in [1.165, 1.54) is 21.8 Å². The van der Waals surface area contributed by atoms with Crippen LogP contribution in [0, 0.1) is 0 Å². The molecule has 11 heteroatoms. The Balaban J connectivity index is 1.35. The Hall–Kier alpha value is -2.14. The predicted octanol–water partition coefficient (Wildman–Crippen LogP) is 2.91. The van der Waals surface area contributed by atoms with Crippen molar-refractivity contribution in [3.63, 3.8) is 0 Å². The number of benzene rings is 1. The van der Waals surface area contributed by atoms with Crippen LogP contribution in [0.25, 0.3) is 10.1 Å². The van der Waals surface area contributed by atoms with Crippen molar-refractivity contribution in [2.24, 2.45) is 0 Å². The first kappa shape index (κ1) is 20.1. The molecule has 1 fully saturated rings. The standard InChI is InChI=1S/C18H20ClN5O3S2/c1-29(26,27)21-17-5-6-24(20-17)18(25)23-9-7-22(8-10-23)12-13-11-14-15(19)3-2-4-16(14)28-13/h2-6,11H,7-10,12H2,1H3,(H,20,21). The normalized spacial score (nSPS) is 15.7. The number of amides is 1. The van der Waals surface area contributed by atoms with Crippen molar-refractivity contribution in [3.8, 4) is 0 Å². The molecule has 0 saturated carbocycles. The van der Waals surface area contributed by atoms with Crippen LogP contribution in [0.15, 0.2) is 36.5 Å². The number of halogens is 1. The lowest BCUT2D eigenvalue weighted by atomic mass is 10.2. The first-order valence-corrected chi connectivity index (χ1v) is 12.1. The second-order valence-corrected chi connectivity index (χ2v) is 10.3. The molecule has 0 spiro atoms. The van der Waals surface area contributed by atoms with Crippen molar-refractivity contribution in [2.45, 2.75) is 6.54 Å². The van der Waals surface area contributed by atoms with Gasteiger partial charge < -0.3 is 4.90 Å². The molecule has 0 radical (unpaired) electrons. The number of aromatic nitrogens is 2. The number of hydrogen-bond acceptors (Lipinski definition) is 6. The molecule has 1 aliphatic heterocycles. The number of thiophene rings is 1. The Morgan fingerprint density at radius 3 is 2.69 bits per heavy atom. The maximum absolute atomic E-state index is 12.6. The highest BCUT2D eigenvalue weighted by Crippen LogP contribution is 2.31. The van der Waals surface area contributed by atoms with E-state index in [4.69, 9.17) is 11.6 Å². The van der Waals surface area contributed by atoms with Crippen LogP contribution >= 0.6 is 22.9 Å². The van der Waals surface area contributed by atoms with Crippen molar-refractivity contribution in [3.05, 3.63) is 46.4 Å². The van der Waals surface area contributed by atoms with Gasteiger partial charge in [-0.2, -0.15) is 4.68 Å². The SMILES string of the molecule is CS(=O)(=O)Nc1ccn(C(=O)N2CCN(Cc3cc4c(Cl)cccc4s3)CC2)n1. The molecule has 3 heterocycles. The van der Waals surface area contributed by atoms with E-state index in [1.807, 2.05) is 12.1 Å². The first-order valence-electron chi connectivity index (χ1n) is 9.00. The van der Waals surface area contributed by atoms with Crippen LogP contribution in [0.1, 0.15) is 4.88 Å². The number of rotatable bonds is 4. The van der Waals surface area contributed by atoms with Gasteiger partial charge in [-0.05, 0) is 18.2 Å². The molecule has 3 aromatic rings. The van der Waals surface area contributed by atoms with Crippen LogP contribution in [-0.4, -0.2) is 66.5 Å². The summed E-state index contributed by atoms with van der Waals surface area (Å²) >= 11 is 8.00. The van der Waals surface area contributed by atoms with Crippen LogP contribution < -0.4 is 4.72 Å². The molecule has 1 saturated heterocycles. The van der Waals surface area contributed by atoms with E-state index >= 15 is 0 Å². The molecule has 154 valence electrons. The third-order valence-electron chi connectivity index (χ3n) is 4.66. The molecule has 8 nitrogen and oxygen atoms in total. The van der Waals surface area contributed by atoms with Gasteiger partial charge in [0.05, 0.1) is 6.26 Å². The van der Waals surface area contributed by atoms with E-state index < -0.39 is 10.0 Å². The van der Waals surface area contributed by atoms with Crippen LogP contribution in [0.2, 0.25) is 5.02 Å². The van der Waals surface area contributed by atoms with Gasteiger partial charge in [-0.25, -0.2) is 13.2 Å². The summed E-state index contributed by atoms with van der Waals surface area (Å²) in [5.41, 5.74) is 0. The Morgan fingerprint density at radius 2 is 2.00 bits per heavy atom. The van der Waals surface area contributed by atoms with Crippen LogP contribution in [0.5, 0.6) is 0 Å². The van der Waals surface area contributed by atoms with Gasteiger partial charge >= 0.3 is 6.03 Å². The molecular weight excluding hydrogens is 434 g/mol. The van der Waals surface area contributed by atoms with Gasteiger partial charge in [0.2, 0.25) is 10.0 Å². The molecule has 4 rings (SSSR count). The number of carbonyl (C=O) groups is 1. The maximum atomic E-state index is 12.6. The average molecular weight is 454 g/mol. The summed E-state index contributed by atoms with van der Waals surface area (Å²) in [4.78, 5) is 17.9. The molecule has 1 aliphatic rings. The summed E-state index contributed by atoms with van der Waals surface area (Å²) in [5.74, 6) is 0.128. The van der Waals surface area contributed by atoms with Crippen molar-refractivity contribution >= 4 is 54.9 Å². The molecule has 1 amide bonds. The zero-order chi connectivity index (χ0) is 20.6. The number of nitrogens with one attached hydrogen (secondary N) is 1. The summed E-state index contributed by atoms with van der Waals surface area (Å²) < 4.78 is 27.2. The minimum Gasteiger partial charge on any atom is -0.320 e. The summed E-state index contributed by atoms with van der Waals surface area (Å²) in [6.45, 7) is 3.49. The molecule has 1 aromatic carbocycles. The minimum absolute atomic E-state index is 0.128. The van der Waals surface area contributed by atoms with Gasteiger partial charge in [-0.3, -0.25) is 9.62 Å². The van der Waals surface area contributed by atoms with E-state index in [1.54, 1.807) is 16.2 Å². The van der Waals surface area contributed by atoms with E-state index in [0.29, 0.717) is 13.1 Å². The number of nitrogens with zero attached hydrogens (tertiary/aromatic N) is 4. The van der Waals surface area contributed by atoms with Crippen LogP contribution in [-0.2, 0) is 16.6 Å². The average Bonchev–Trinajstić information content (AvgIpc) is 3.28. The van der Waals surface area contributed by atoms with Gasteiger partial charge in [0.25, 0.3) is 0 Å². The van der Waals surface area contributed by atoms with Crippen LogP contribution in [0.4, 0.5) is 10.6 Å². The lowest BCUT2D eigenvalue weighted by Crippen LogP contribution is -2.49. The fourth-order valence-electron chi connectivity index (χ4n) is 3.29. The molecular formula is C18H20ClN5O3S2. The molecule has 29 heavy (non-hydrogen) atoms. The second-order valence-electron chi connectivity index (χ2n) is 6.93. The number of sulfonamides is 1. The van der Waals surface area contributed by atoms with Gasteiger partial charge in [0.1, 0.15) is 0 Å². The number of carbonyl (C=O) groups excluding carboxylic acids is 1. The summed E-state index contributed by atoms with van der Waals surface area (Å²) in [7, 11) is -3.43. The second kappa shape index (κ2) is 7.94. The van der Waals surface area contributed by atoms with Crippen molar-refractivity contribution in [2.75, 3.05) is 37.2 Å². The van der Waals surface area contributed by atoms with Gasteiger partial charge in [0.15, 0.2) is 5.82 Å². The molecule has 2 aromatic heterocycles. The quantitative estimate of drug-likeness (QED) is 0.656. The number of anilines is 1. The topological polar surface area (TPSA) is 87.5 Å². The van der Waals surface area contributed by atoms with Crippen molar-refractivity contribution in [1.82, 2.24) is 19.6 Å². The van der Waals surface area contributed by atoms with Crippen LogP contribution in [0.3, 0.4) is 0 Å². The highest BCUT2D eigenvalue weighted by molar-refractivity contribution is 7.92. The van der Waals surface area contributed by atoms with Crippen molar-refractivity contribution in [1.29, 1.82) is 0 Å². The third-order valence-corrected chi connectivity index (χ3v) is 6.65. The minimum atomic E-state index is -3.43. The fraction of sp³-hybridized carbons (Fsp3) is 0.333. The zero-order valence-electron chi connectivity index (χ0n) is 15.7. The molecule has 0 atom stereocenters. The predicted molar refractivity (Wildman–Crippen MR) is 115 cm³/mol. The highest BCUT2D eigenvalue weighted by Gasteiger charge is 2.23. The maximum Gasteiger partial charge on any atom is 0.344 e. The third kappa shape index (κ3) is 4.72. The van der Waals surface area contributed by atoms with Crippen molar-refractivity contribution < 1.29 is 13.2 Å². The number of hydrogen-bond donors (Lipinski definition) is 1. The molecule has 1 N–H and O–H groups in total. The fourth-order valence-corrected chi connectivity index (χ4v) is 5.20. The Morgan fingerprint density at radius 1 is 1.24 bits per heavy atom. The summed E-state index contributed by atoms with van der Waals surface area (Å²) in [6, 6.07) is 9.27. The summed E-state index contributed by atoms with van der Waals surface area (Å²) in [6.07, 6.45) is 2.50. The van der Waals surface area contributed by atoms with E-state index in [9.17, 15) is 13.2 Å². The largest absolute Gasteiger partial charge is 0.344 e. The zero-order valence-corrected chi connectivity index (χ0v) is 18.1. The Bertz CT molecular complexity index is 1150. The highest BCUT2D eigenvalue weighted by atomic mass is 35.5. The Labute approximate surface area is 177 Å². The van der Waals surface area contributed by atoms with E-state index in [0.717, 1.165) is 41.0 Å². The van der Waals surface area contributed by atoms with Gasteiger partial charge in [0, 0.05) is 65.0 Å². The van der Waals surface area contributed by atoms with Gasteiger partial charge in [-0.15, -0.1) is 16.4 Å². The number of fused-ring (bicyclic) bond motifs is 1. The monoisotopic (exact) mass is 453 g/mol. The van der Waals surface area contributed by atoms with E-state index in [-0.39, 0.29) is 11.8 Å². The number of piperazine rings is 1. The molecule has 0 aliphatic carbocycles. The van der Waals surface area contributed by atoms with E-state index in [2.05, 4.69) is 26.9 Å². The smallest absolute Gasteiger partial charge is 0.320 e.